The van der Waals surface area contributed by atoms with Crippen molar-refractivity contribution < 1.29 is 22.7 Å². The molecule has 23 heavy (non-hydrogen) atoms. The molecule has 0 bridgehead atoms. The van der Waals surface area contributed by atoms with Crippen molar-refractivity contribution in [3.63, 3.8) is 0 Å². The minimum absolute atomic E-state index is 0.0214. The highest BCUT2D eigenvalue weighted by atomic mass is 19.1. The zero-order chi connectivity index (χ0) is 16.6. The number of rotatable bonds is 2. The van der Waals surface area contributed by atoms with Crippen LogP contribution in [-0.4, -0.2) is 13.1 Å². The Morgan fingerprint density at radius 2 is 1.78 bits per heavy atom. The van der Waals surface area contributed by atoms with Crippen molar-refractivity contribution in [1.29, 1.82) is 0 Å². The number of benzene rings is 2. The number of esters is 1. The highest BCUT2D eigenvalue weighted by Crippen LogP contribution is 2.38. The van der Waals surface area contributed by atoms with E-state index in [4.69, 9.17) is 0 Å². The van der Waals surface area contributed by atoms with Crippen LogP contribution in [-0.2, 0) is 11.2 Å². The molecule has 118 valence electrons. The zero-order valence-corrected chi connectivity index (χ0v) is 12.3. The van der Waals surface area contributed by atoms with Crippen LogP contribution in [0.5, 0.6) is 0 Å². The number of halogens is 3. The third-order valence-electron chi connectivity index (χ3n) is 3.89. The van der Waals surface area contributed by atoms with Crippen LogP contribution in [0.25, 0.3) is 5.57 Å². The Labute approximate surface area is 131 Å². The van der Waals surface area contributed by atoms with Crippen molar-refractivity contribution >= 4 is 11.5 Å². The Bertz CT molecular complexity index is 825. The monoisotopic (exact) mass is 318 g/mol. The average Bonchev–Trinajstić information content (AvgIpc) is 2.54. The van der Waals surface area contributed by atoms with E-state index in [0.717, 1.165) is 11.6 Å². The van der Waals surface area contributed by atoms with E-state index >= 15 is 0 Å². The number of aryl methyl sites for hydroxylation is 1. The summed E-state index contributed by atoms with van der Waals surface area (Å²) in [5, 5.41) is 0. The first-order chi connectivity index (χ1) is 11.0. The lowest BCUT2D eigenvalue weighted by molar-refractivity contribution is 0.0600. The van der Waals surface area contributed by atoms with Gasteiger partial charge in [0.15, 0.2) is 0 Å². The number of fused-ring (bicyclic) bond motifs is 1. The van der Waals surface area contributed by atoms with E-state index < -0.39 is 23.4 Å². The van der Waals surface area contributed by atoms with Crippen LogP contribution in [0.15, 0.2) is 42.2 Å². The van der Waals surface area contributed by atoms with Gasteiger partial charge in [-0.3, -0.25) is 0 Å². The molecule has 0 aliphatic heterocycles. The number of ether oxygens (including phenoxy) is 1. The summed E-state index contributed by atoms with van der Waals surface area (Å²) in [5.41, 5.74) is 1.53. The molecule has 0 unspecified atom stereocenters. The molecule has 1 aliphatic rings. The lowest BCUT2D eigenvalue weighted by Crippen LogP contribution is -2.09. The van der Waals surface area contributed by atoms with E-state index in [1.54, 1.807) is 12.1 Å². The first-order valence-corrected chi connectivity index (χ1v) is 7.07. The van der Waals surface area contributed by atoms with E-state index in [9.17, 15) is 18.0 Å². The van der Waals surface area contributed by atoms with Gasteiger partial charge in [-0.2, -0.15) is 0 Å². The maximum Gasteiger partial charge on any atom is 0.337 e. The Morgan fingerprint density at radius 3 is 2.48 bits per heavy atom. The molecule has 0 spiro atoms. The van der Waals surface area contributed by atoms with Gasteiger partial charge in [0.2, 0.25) is 0 Å². The second-order valence-corrected chi connectivity index (χ2v) is 5.27. The fourth-order valence-corrected chi connectivity index (χ4v) is 2.77. The maximum atomic E-state index is 14.4. The first-order valence-electron chi connectivity index (χ1n) is 7.07. The number of hydrogen-bond acceptors (Lipinski definition) is 2. The van der Waals surface area contributed by atoms with Gasteiger partial charge in [-0.25, -0.2) is 18.0 Å². The molecule has 0 radical (unpaired) electrons. The van der Waals surface area contributed by atoms with Gasteiger partial charge in [-0.15, -0.1) is 0 Å². The van der Waals surface area contributed by atoms with E-state index in [-0.39, 0.29) is 23.1 Å². The standard InChI is InChI=1S/C18H13F3O2/c1-23-18(22)11-3-2-10-4-7-15(20)17(14(10)8-11)13-6-5-12(19)9-16(13)21/h2-3,5-6,8-9H,4,7H2,1H3. The molecule has 2 aromatic carbocycles. The molecular weight excluding hydrogens is 305 g/mol. The van der Waals surface area contributed by atoms with Crippen molar-refractivity contribution in [2.24, 2.45) is 0 Å². The summed E-state index contributed by atoms with van der Waals surface area (Å²) in [7, 11) is 1.25. The summed E-state index contributed by atoms with van der Waals surface area (Å²) in [6.07, 6.45) is 0.589. The predicted octanol–water partition coefficient (Wildman–Crippen LogP) is 4.43. The van der Waals surface area contributed by atoms with Gasteiger partial charge in [0.05, 0.1) is 12.7 Å². The van der Waals surface area contributed by atoms with Crippen LogP contribution in [0, 0.1) is 11.6 Å². The Hall–Kier alpha value is -2.56. The predicted molar refractivity (Wildman–Crippen MR) is 79.6 cm³/mol. The van der Waals surface area contributed by atoms with Gasteiger partial charge in [0.1, 0.15) is 17.5 Å². The Kier molecular flexibility index (Phi) is 3.94. The van der Waals surface area contributed by atoms with Crippen LogP contribution < -0.4 is 0 Å². The fraction of sp³-hybridized carbons (Fsp3) is 0.167. The zero-order valence-electron chi connectivity index (χ0n) is 12.3. The summed E-state index contributed by atoms with van der Waals surface area (Å²) in [6.45, 7) is 0. The van der Waals surface area contributed by atoms with Gasteiger partial charge in [-0.1, -0.05) is 6.07 Å². The maximum absolute atomic E-state index is 14.4. The van der Waals surface area contributed by atoms with Crippen LogP contribution in [0.2, 0.25) is 0 Å². The summed E-state index contributed by atoms with van der Waals surface area (Å²) in [5.74, 6) is -2.61. The third-order valence-corrected chi connectivity index (χ3v) is 3.89. The molecule has 5 heteroatoms. The van der Waals surface area contributed by atoms with Crippen molar-refractivity contribution in [3.05, 3.63) is 76.1 Å². The van der Waals surface area contributed by atoms with Crippen LogP contribution >= 0.6 is 0 Å². The Balaban J connectivity index is 2.20. The largest absolute Gasteiger partial charge is 0.465 e. The van der Waals surface area contributed by atoms with Crippen molar-refractivity contribution in [3.8, 4) is 0 Å². The van der Waals surface area contributed by atoms with Crippen molar-refractivity contribution in [1.82, 2.24) is 0 Å². The molecule has 0 atom stereocenters. The molecule has 0 aromatic heterocycles. The van der Waals surface area contributed by atoms with E-state index in [1.807, 2.05) is 0 Å². The molecule has 0 heterocycles. The summed E-state index contributed by atoms with van der Waals surface area (Å²) < 4.78 is 46.3. The van der Waals surface area contributed by atoms with Crippen molar-refractivity contribution in [2.75, 3.05) is 7.11 Å². The van der Waals surface area contributed by atoms with Gasteiger partial charge in [-0.05, 0) is 41.8 Å². The van der Waals surface area contributed by atoms with Crippen LogP contribution in [0.1, 0.15) is 33.5 Å². The van der Waals surface area contributed by atoms with Gasteiger partial charge >= 0.3 is 5.97 Å². The molecule has 0 saturated heterocycles. The van der Waals surface area contributed by atoms with E-state index in [0.29, 0.717) is 18.1 Å². The van der Waals surface area contributed by atoms with Crippen LogP contribution in [0.3, 0.4) is 0 Å². The number of allylic oxidation sites excluding steroid dienone is 1. The summed E-state index contributed by atoms with van der Waals surface area (Å²) >= 11 is 0. The minimum atomic E-state index is -0.841. The quantitative estimate of drug-likeness (QED) is 0.766. The molecule has 3 rings (SSSR count). The second kappa shape index (κ2) is 5.91. The number of carbonyl (C=O) groups excluding carboxylic acids is 1. The fourth-order valence-electron chi connectivity index (χ4n) is 2.77. The third kappa shape index (κ3) is 2.74. The number of carbonyl (C=O) groups is 1. The minimum Gasteiger partial charge on any atom is -0.465 e. The molecule has 0 saturated carbocycles. The average molecular weight is 318 g/mol. The normalized spacial score (nSPS) is 13.7. The SMILES string of the molecule is COC(=O)c1ccc2c(c1)C(c1ccc(F)cc1F)=C(F)CC2. The highest BCUT2D eigenvalue weighted by molar-refractivity contribution is 5.93. The summed E-state index contributed by atoms with van der Waals surface area (Å²) in [6, 6.07) is 7.78. The molecule has 1 aliphatic carbocycles. The van der Waals surface area contributed by atoms with E-state index in [1.165, 1.54) is 19.2 Å². The van der Waals surface area contributed by atoms with Gasteiger partial charge < -0.3 is 4.74 Å². The number of methoxy groups -OCH3 is 1. The molecule has 0 N–H and O–H groups in total. The topological polar surface area (TPSA) is 26.3 Å². The first kappa shape index (κ1) is 15.3. The molecule has 2 nitrogen and oxygen atoms in total. The molecule has 0 fully saturated rings. The second-order valence-electron chi connectivity index (χ2n) is 5.27. The smallest absolute Gasteiger partial charge is 0.337 e. The molecule has 2 aromatic rings. The van der Waals surface area contributed by atoms with Gasteiger partial charge in [0, 0.05) is 23.6 Å². The lowest BCUT2D eigenvalue weighted by Gasteiger charge is -2.21. The van der Waals surface area contributed by atoms with E-state index in [2.05, 4.69) is 4.74 Å². The Morgan fingerprint density at radius 1 is 1.00 bits per heavy atom. The molecule has 0 amide bonds. The van der Waals surface area contributed by atoms with Crippen LogP contribution in [0.4, 0.5) is 13.2 Å². The lowest BCUT2D eigenvalue weighted by atomic mass is 9.85. The highest BCUT2D eigenvalue weighted by Gasteiger charge is 2.24. The molecular formula is C18H13F3O2. The number of hydrogen-bond donors (Lipinski definition) is 0. The van der Waals surface area contributed by atoms with Crippen molar-refractivity contribution in [2.45, 2.75) is 12.8 Å². The van der Waals surface area contributed by atoms with Gasteiger partial charge in [0.25, 0.3) is 0 Å². The summed E-state index contributed by atoms with van der Waals surface area (Å²) in [4.78, 5) is 11.7.